The molecule has 0 amide bonds. The zero-order chi connectivity index (χ0) is 18.8. The maximum atomic E-state index is 12.7. The van der Waals surface area contributed by atoms with Gasteiger partial charge in [0.1, 0.15) is 17.1 Å². The summed E-state index contributed by atoms with van der Waals surface area (Å²) in [5, 5.41) is 20.4. The third-order valence-corrected chi connectivity index (χ3v) is 4.96. The molecule has 0 spiro atoms. The fourth-order valence-electron chi connectivity index (χ4n) is 3.31. The largest absolute Gasteiger partial charge is 0.507 e. The summed E-state index contributed by atoms with van der Waals surface area (Å²) in [5.41, 5.74) is 4.37. The number of hydrogen-bond acceptors (Lipinski definition) is 5. The number of Topliss-reactive ketones (excluding diaryl/α,β-unsaturated/α-hetero) is 1. The fourth-order valence-corrected chi connectivity index (χ4v) is 3.31. The number of carbonyl (C=O) groups excluding carboxylic acids is 1. The Balaban J connectivity index is 2.09. The molecule has 1 aliphatic heterocycles. The second-order valence-corrected chi connectivity index (χ2v) is 6.98. The first-order valence-corrected chi connectivity index (χ1v) is 8.54. The number of ketones is 1. The Kier molecular flexibility index (Phi) is 5.57. The van der Waals surface area contributed by atoms with Crippen LogP contribution in [0.2, 0.25) is 0 Å². The van der Waals surface area contributed by atoms with Crippen LogP contribution in [-0.2, 0) is 0 Å². The molecule has 0 saturated heterocycles. The van der Waals surface area contributed by atoms with Crippen LogP contribution >= 0.6 is 0 Å². The Morgan fingerprint density at radius 3 is 2.60 bits per heavy atom. The summed E-state index contributed by atoms with van der Waals surface area (Å²) in [5.74, 6) is 6.02. The maximum absolute atomic E-state index is 12.7. The highest BCUT2D eigenvalue weighted by Crippen LogP contribution is 2.44. The highest BCUT2D eigenvalue weighted by Gasteiger charge is 2.38. The van der Waals surface area contributed by atoms with E-state index in [2.05, 4.69) is 10.7 Å². The van der Waals surface area contributed by atoms with Crippen LogP contribution in [0.3, 0.4) is 0 Å². The Labute approximate surface area is 148 Å². The maximum Gasteiger partial charge on any atom is 0.202 e. The molecule has 0 fully saturated rings. The van der Waals surface area contributed by atoms with Crippen molar-refractivity contribution < 1.29 is 14.6 Å². The monoisotopic (exact) mass is 348 g/mol. The number of hydrogen-bond donors (Lipinski definition) is 5. The van der Waals surface area contributed by atoms with Crippen LogP contribution in [0, 0.1) is 26.2 Å². The van der Waals surface area contributed by atoms with Gasteiger partial charge in [0.15, 0.2) is 5.78 Å². The van der Waals surface area contributed by atoms with Crippen LogP contribution in [0.1, 0.15) is 59.7 Å². The second kappa shape index (κ2) is 7.31. The highest BCUT2D eigenvalue weighted by atomic mass is 16.5. The summed E-state index contributed by atoms with van der Waals surface area (Å²) in [6.45, 7) is 8.07. The van der Waals surface area contributed by atoms with E-state index < -0.39 is 5.60 Å². The normalized spacial score (nSPS) is 19.2. The van der Waals surface area contributed by atoms with Crippen LogP contribution in [0.4, 0.5) is 0 Å². The van der Waals surface area contributed by atoms with E-state index in [1.54, 1.807) is 6.92 Å². The number of carbonyl (C=O) groups is 1. The van der Waals surface area contributed by atoms with E-state index in [9.17, 15) is 9.90 Å². The van der Waals surface area contributed by atoms with Crippen molar-refractivity contribution in [3.8, 4) is 11.5 Å². The van der Waals surface area contributed by atoms with Gasteiger partial charge in [-0.25, -0.2) is 5.84 Å². The van der Waals surface area contributed by atoms with E-state index in [0.29, 0.717) is 29.8 Å². The molecule has 1 atom stereocenters. The van der Waals surface area contributed by atoms with Crippen LogP contribution < -0.4 is 21.3 Å². The van der Waals surface area contributed by atoms with E-state index in [1.165, 1.54) is 0 Å². The molecule has 6 N–H and O–H groups in total. The molecule has 1 aromatic carbocycles. The molecule has 1 unspecified atom stereocenters. The molecular weight excluding hydrogens is 320 g/mol. The third kappa shape index (κ3) is 3.87. The van der Waals surface area contributed by atoms with Gasteiger partial charge in [0.2, 0.25) is 5.96 Å². The van der Waals surface area contributed by atoms with Crippen LogP contribution in [0.5, 0.6) is 11.5 Å². The quantitative estimate of drug-likeness (QED) is 0.183. The standard InChI is InChI=1S/C18H28N4O3/c1-10-11(2)16-14(12(3)15(10)24)13(23)9-18(4,25-16)7-5-6-8-21-17(19)22-20/h24H,5-9,20H2,1-4H3,(H3,19,21,22). The smallest absolute Gasteiger partial charge is 0.202 e. The lowest BCUT2D eigenvalue weighted by atomic mass is 9.84. The van der Waals surface area contributed by atoms with Crippen LogP contribution in [0.25, 0.3) is 0 Å². The number of aromatic hydroxyl groups is 1. The van der Waals surface area contributed by atoms with Crippen molar-refractivity contribution in [1.82, 2.24) is 10.7 Å². The summed E-state index contributed by atoms with van der Waals surface area (Å²) in [7, 11) is 0. The molecule has 0 aromatic heterocycles. The van der Waals surface area contributed by atoms with Gasteiger partial charge in [0.05, 0.1) is 12.0 Å². The first-order valence-electron chi connectivity index (χ1n) is 8.54. The summed E-state index contributed by atoms with van der Waals surface area (Å²) in [4.78, 5) is 12.7. The van der Waals surface area contributed by atoms with Gasteiger partial charge in [-0.15, -0.1) is 0 Å². The molecule has 138 valence electrons. The SMILES string of the molecule is Cc1c(C)c2c(c(C)c1O)C(=O)CC(C)(CCCCNC(=N)NN)O2. The van der Waals surface area contributed by atoms with Crippen molar-refractivity contribution in [2.45, 2.75) is 59.0 Å². The van der Waals surface area contributed by atoms with Gasteiger partial charge >= 0.3 is 0 Å². The van der Waals surface area contributed by atoms with Gasteiger partial charge in [-0.3, -0.25) is 15.6 Å². The Morgan fingerprint density at radius 2 is 1.96 bits per heavy atom. The molecule has 0 saturated carbocycles. The minimum absolute atomic E-state index is 0.0203. The number of rotatable bonds is 5. The molecule has 2 rings (SSSR count). The highest BCUT2D eigenvalue weighted by molar-refractivity contribution is 6.03. The number of guanidine groups is 1. The molecule has 0 radical (unpaired) electrons. The third-order valence-electron chi connectivity index (χ3n) is 4.96. The molecule has 0 aliphatic carbocycles. The average Bonchev–Trinajstić information content (AvgIpc) is 2.56. The lowest BCUT2D eigenvalue weighted by Gasteiger charge is -2.37. The van der Waals surface area contributed by atoms with Gasteiger partial charge in [-0.2, -0.15) is 0 Å². The van der Waals surface area contributed by atoms with Gasteiger partial charge in [0, 0.05) is 12.1 Å². The molecule has 1 aromatic rings. The fraction of sp³-hybridized carbons (Fsp3) is 0.556. The first-order chi connectivity index (χ1) is 11.7. The Hall–Kier alpha value is -2.28. The number of phenols is 1. The van der Waals surface area contributed by atoms with Crippen molar-refractivity contribution in [2.24, 2.45) is 5.84 Å². The molecular formula is C18H28N4O3. The molecule has 7 heteroatoms. The minimum Gasteiger partial charge on any atom is -0.507 e. The van der Waals surface area contributed by atoms with Crippen LogP contribution in [-0.4, -0.2) is 29.0 Å². The van der Waals surface area contributed by atoms with Crippen molar-refractivity contribution in [3.05, 3.63) is 22.3 Å². The van der Waals surface area contributed by atoms with E-state index in [4.69, 9.17) is 16.0 Å². The molecule has 7 nitrogen and oxygen atoms in total. The predicted molar refractivity (Wildman–Crippen MR) is 97.2 cm³/mol. The topological polar surface area (TPSA) is 120 Å². The van der Waals surface area contributed by atoms with Gasteiger partial charge in [0.25, 0.3) is 0 Å². The van der Waals surface area contributed by atoms with Crippen molar-refractivity contribution in [1.29, 1.82) is 5.41 Å². The number of benzene rings is 1. The van der Waals surface area contributed by atoms with Gasteiger partial charge in [-0.05, 0) is 58.1 Å². The number of fused-ring (bicyclic) bond motifs is 1. The number of ether oxygens (including phenoxy) is 1. The Bertz CT molecular complexity index is 702. The molecule has 0 bridgehead atoms. The molecule has 1 aliphatic rings. The molecule has 1 heterocycles. The van der Waals surface area contributed by atoms with Gasteiger partial charge in [-0.1, -0.05) is 0 Å². The predicted octanol–water partition coefficient (Wildman–Crippen LogP) is 2.20. The Morgan fingerprint density at radius 1 is 1.28 bits per heavy atom. The second-order valence-electron chi connectivity index (χ2n) is 6.98. The number of unbranched alkanes of at least 4 members (excludes halogenated alkanes) is 1. The van der Waals surface area contributed by atoms with Crippen molar-refractivity contribution in [2.75, 3.05) is 6.54 Å². The van der Waals surface area contributed by atoms with Crippen molar-refractivity contribution >= 4 is 11.7 Å². The van der Waals surface area contributed by atoms with E-state index in [-0.39, 0.29) is 17.5 Å². The van der Waals surface area contributed by atoms with E-state index in [1.807, 2.05) is 20.8 Å². The molecule has 25 heavy (non-hydrogen) atoms. The summed E-state index contributed by atoms with van der Waals surface area (Å²) in [6.07, 6.45) is 2.74. The summed E-state index contributed by atoms with van der Waals surface area (Å²) in [6, 6.07) is 0. The van der Waals surface area contributed by atoms with Crippen molar-refractivity contribution in [3.63, 3.8) is 0 Å². The summed E-state index contributed by atoms with van der Waals surface area (Å²) >= 11 is 0. The number of hydrazine groups is 1. The van der Waals surface area contributed by atoms with E-state index in [0.717, 1.165) is 30.4 Å². The lowest BCUT2D eigenvalue weighted by Crippen LogP contribution is -2.41. The summed E-state index contributed by atoms with van der Waals surface area (Å²) < 4.78 is 6.26. The number of phenolic OH excluding ortho intramolecular Hbond substituents is 1. The van der Waals surface area contributed by atoms with Gasteiger partial charge < -0.3 is 15.2 Å². The number of nitrogens with one attached hydrogen (secondary N) is 3. The van der Waals surface area contributed by atoms with Crippen LogP contribution in [0.15, 0.2) is 0 Å². The minimum atomic E-state index is -0.551. The zero-order valence-electron chi connectivity index (χ0n) is 15.4. The lowest BCUT2D eigenvalue weighted by molar-refractivity contribution is 0.0446. The number of nitrogens with two attached hydrogens (primary N) is 1. The van der Waals surface area contributed by atoms with E-state index >= 15 is 0 Å². The average molecular weight is 348 g/mol. The first kappa shape index (κ1) is 19.1. The zero-order valence-corrected chi connectivity index (χ0v) is 15.4.